The van der Waals surface area contributed by atoms with E-state index in [1.54, 1.807) is 25.5 Å². The molecule has 1 amide bonds. The highest BCUT2D eigenvalue weighted by Gasteiger charge is 2.06. The van der Waals surface area contributed by atoms with Gasteiger partial charge in [-0.05, 0) is 18.6 Å². The van der Waals surface area contributed by atoms with Crippen LogP contribution in [0.4, 0.5) is 0 Å². The second kappa shape index (κ2) is 7.06. The lowest BCUT2D eigenvalue weighted by molar-refractivity contribution is -0.114. The minimum Gasteiger partial charge on any atom is -0.393 e. The summed E-state index contributed by atoms with van der Waals surface area (Å²) in [5.41, 5.74) is 1.55. The summed E-state index contributed by atoms with van der Waals surface area (Å²) in [7, 11) is 1.76. The van der Waals surface area contributed by atoms with Gasteiger partial charge in [-0.15, -0.1) is 0 Å². The Morgan fingerprint density at radius 1 is 1.53 bits per heavy atom. The summed E-state index contributed by atoms with van der Waals surface area (Å²) in [6.45, 7) is 9.28. The SMILES string of the molecule is C=C/C(=C(/C)C(=C)Br)N(C=O)/C=C\NC. The fourth-order valence-corrected chi connectivity index (χ4v) is 1.12. The molecule has 0 aromatic rings. The number of nitrogens with zero attached hydrogens (tertiary/aromatic N) is 1. The van der Waals surface area contributed by atoms with Crippen LogP contribution in [-0.4, -0.2) is 18.4 Å². The molecular formula is C11H15BrN2O. The molecule has 0 heterocycles. The number of carbonyl (C=O) groups is 1. The maximum Gasteiger partial charge on any atom is 0.218 e. The number of rotatable bonds is 6. The van der Waals surface area contributed by atoms with Gasteiger partial charge < -0.3 is 5.32 Å². The Morgan fingerprint density at radius 3 is 2.47 bits per heavy atom. The number of carbonyl (C=O) groups excluding carboxylic acids is 1. The van der Waals surface area contributed by atoms with Gasteiger partial charge in [0, 0.05) is 23.9 Å². The first-order valence-corrected chi connectivity index (χ1v) is 5.13. The van der Waals surface area contributed by atoms with Crippen LogP contribution in [0.25, 0.3) is 0 Å². The van der Waals surface area contributed by atoms with E-state index < -0.39 is 0 Å². The number of hydrogen-bond acceptors (Lipinski definition) is 2. The standard InChI is InChI=1S/C11H15BrN2O/c1-5-11(9(2)10(3)12)14(8-15)7-6-13-4/h5-8,13H,1,3H2,2,4H3/b7-6-,11-9+. The van der Waals surface area contributed by atoms with Gasteiger partial charge in [0.15, 0.2) is 0 Å². The van der Waals surface area contributed by atoms with Gasteiger partial charge in [0.25, 0.3) is 0 Å². The Morgan fingerprint density at radius 2 is 2.13 bits per heavy atom. The van der Waals surface area contributed by atoms with E-state index in [9.17, 15) is 4.79 Å². The normalized spacial score (nSPS) is 11.9. The highest BCUT2D eigenvalue weighted by molar-refractivity contribution is 9.11. The molecule has 0 aromatic heterocycles. The molecule has 0 bridgehead atoms. The number of halogens is 1. The maximum atomic E-state index is 10.9. The summed E-state index contributed by atoms with van der Waals surface area (Å²) in [5.74, 6) is 0. The zero-order chi connectivity index (χ0) is 11.8. The average Bonchev–Trinajstić information content (AvgIpc) is 2.23. The molecule has 0 aliphatic heterocycles. The average molecular weight is 271 g/mol. The highest BCUT2D eigenvalue weighted by atomic mass is 79.9. The minimum atomic E-state index is 0.693. The summed E-state index contributed by atoms with van der Waals surface area (Å²) < 4.78 is 0.724. The molecule has 0 atom stereocenters. The zero-order valence-corrected chi connectivity index (χ0v) is 10.5. The lowest BCUT2D eigenvalue weighted by Crippen LogP contribution is -2.15. The molecule has 0 saturated heterocycles. The summed E-state index contributed by atoms with van der Waals surface area (Å²) in [5, 5.41) is 2.81. The topological polar surface area (TPSA) is 32.3 Å². The lowest BCUT2D eigenvalue weighted by Gasteiger charge is -2.16. The highest BCUT2D eigenvalue weighted by Crippen LogP contribution is 2.20. The van der Waals surface area contributed by atoms with Crippen molar-refractivity contribution >= 4 is 22.3 Å². The third-order valence-electron chi connectivity index (χ3n) is 1.78. The Labute approximate surface area is 99.0 Å². The van der Waals surface area contributed by atoms with Gasteiger partial charge in [0.2, 0.25) is 6.41 Å². The van der Waals surface area contributed by atoms with E-state index in [1.165, 1.54) is 4.90 Å². The first-order valence-electron chi connectivity index (χ1n) is 4.34. The Balaban J connectivity index is 5.16. The first kappa shape index (κ1) is 13.7. The summed E-state index contributed by atoms with van der Waals surface area (Å²) in [6.07, 6.45) is 5.59. The molecule has 3 nitrogen and oxygen atoms in total. The molecule has 0 radical (unpaired) electrons. The van der Waals surface area contributed by atoms with Crippen LogP contribution in [0.5, 0.6) is 0 Å². The van der Waals surface area contributed by atoms with Crippen LogP contribution in [-0.2, 0) is 4.79 Å². The van der Waals surface area contributed by atoms with E-state index in [2.05, 4.69) is 34.4 Å². The monoisotopic (exact) mass is 270 g/mol. The van der Waals surface area contributed by atoms with Crippen LogP contribution >= 0.6 is 15.9 Å². The first-order chi connectivity index (χ1) is 7.08. The van der Waals surface area contributed by atoms with Crippen LogP contribution in [0.15, 0.2) is 47.4 Å². The third kappa shape index (κ3) is 4.16. The van der Waals surface area contributed by atoms with Gasteiger partial charge in [-0.1, -0.05) is 29.1 Å². The molecule has 0 saturated carbocycles. The Bertz CT molecular complexity index is 319. The number of hydrogen-bond donors (Lipinski definition) is 1. The van der Waals surface area contributed by atoms with Crippen molar-refractivity contribution in [3.63, 3.8) is 0 Å². The molecule has 15 heavy (non-hydrogen) atoms. The molecule has 0 unspecified atom stereocenters. The van der Waals surface area contributed by atoms with Crippen molar-refractivity contribution in [1.82, 2.24) is 10.2 Å². The van der Waals surface area contributed by atoms with Crippen LogP contribution < -0.4 is 5.32 Å². The number of nitrogens with one attached hydrogen (secondary N) is 1. The van der Waals surface area contributed by atoms with Crippen molar-refractivity contribution in [2.75, 3.05) is 7.05 Å². The van der Waals surface area contributed by atoms with Crippen LogP contribution in [0.2, 0.25) is 0 Å². The smallest absolute Gasteiger partial charge is 0.218 e. The predicted octanol–water partition coefficient (Wildman–Crippen LogP) is 2.50. The van der Waals surface area contributed by atoms with Gasteiger partial charge in [-0.3, -0.25) is 9.69 Å². The molecule has 0 rings (SSSR count). The molecule has 82 valence electrons. The minimum absolute atomic E-state index is 0.693. The zero-order valence-electron chi connectivity index (χ0n) is 8.96. The van der Waals surface area contributed by atoms with Gasteiger partial charge in [0.1, 0.15) is 0 Å². The largest absolute Gasteiger partial charge is 0.393 e. The Hall–Kier alpha value is -1.29. The second-order valence-electron chi connectivity index (χ2n) is 2.74. The maximum absolute atomic E-state index is 10.9. The van der Waals surface area contributed by atoms with E-state index in [1.807, 2.05) is 6.92 Å². The second-order valence-corrected chi connectivity index (χ2v) is 3.69. The van der Waals surface area contributed by atoms with E-state index in [0.29, 0.717) is 12.1 Å². The van der Waals surface area contributed by atoms with Gasteiger partial charge in [-0.25, -0.2) is 0 Å². The summed E-state index contributed by atoms with van der Waals surface area (Å²) >= 11 is 3.26. The van der Waals surface area contributed by atoms with Crippen molar-refractivity contribution in [2.45, 2.75) is 6.92 Å². The van der Waals surface area contributed by atoms with E-state index >= 15 is 0 Å². The molecule has 0 aliphatic rings. The fraction of sp³-hybridized carbons (Fsp3) is 0.182. The van der Waals surface area contributed by atoms with E-state index in [4.69, 9.17) is 0 Å². The number of amides is 1. The van der Waals surface area contributed by atoms with Crippen molar-refractivity contribution in [1.29, 1.82) is 0 Å². The summed E-state index contributed by atoms with van der Waals surface area (Å²) in [4.78, 5) is 12.3. The van der Waals surface area contributed by atoms with E-state index in [-0.39, 0.29) is 0 Å². The van der Waals surface area contributed by atoms with Gasteiger partial charge >= 0.3 is 0 Å². The van der Waals surface area contributed by atoms with Gasteiger partial charge in [-0.2, -0.15) is 0 Å². The van der Waals surface area contributed by atoms with Crippen molar-refractivity contribution in [3.05, 3.63) is 47.4 Å². The predicted molar refractivity (Wildman–Crippen MR) is 67.1 cm³/mol. The third-order valence-corrected chi connectivity index (χ3v) is 2.37. The molecule has 4 heteroatoms. The lowest BCUT2D eigenvalue weighted by atomic mass is 10.2. The van der Waals surface area contributed by atoms with Crippen molar-refractivity contribution in [3.8, 4) is 0 Å². The van der Waals surface area contributed by atoms with Crippen LogP contribution in [0.1, 0.15) is 6.92 Å². The fourth-order valence-electron chi connectivity index (χ4n) is 0.918. The molecule has 1 N–H and O–H groups in total. The molecule has 0 aromatic carbocycles. The van der Waals surface area contributed by atoms with Crippen molar-refractivity contribution < 1.29 is 4.79 Å². The molecule has 0 fully saturated rings. The van der Waals surface area contributed by atoms with E-state index in [0.717, 1.165) is 10.1 Å². The quantitative estimate of drug-likeness (QED) is 0.594. The van der Waals surface area contributed by atoms with Gasteiger partial charge in [0.05, 0.1) is 5.70 Å². The molecule has 0 spiro atoms. The molecule has 0 aliphatic carbocycles. The summed E-state index contributed by atoms with van der Waals surface area (Å²) in [6, 6.07) is 0. The van der Waals surface area contributed by atoms with Crippen LogP contribution in [0.3, 0.4) is 0 Å². The molecular weight excluding hydrogens is 256 g/mol. The Kier molecular flexibility index (Phi) is 6.45. The van der Waals surface area contributed by atoms with Crippen LogP contribution in [0, 0.1) is 0 Å². The number of allylic oxidation sites excluding steroid dienone is 3. The van der Waals surface area contributed by atoms with Crippen molar-refractivity contribution in [2.24, 2.45) is 0 Å².